The highest BCUT2D eigenvalue weighted by Crippen LogP contribution is 2.14. The lowest BCUT2D eigenvalue weighted by atomic mass is 10.2. The van der Waals surface area contributed by atoms with Crippen molar-refractivity contribution in [1.29, 1.82) is 0 Å². The normalized spacial score (nSPS) is 10.7. The lowest BCUT2D eigenvalue weighted by molar-refractivity contribution is 0.409. The van der Waals surface area contributed by atoms with Gasteiger partial charge < -0.3 is 14.7 Å². The van der Waals surface area contributed by atoms with Crippen LogP contribution in [-0.4, -0.2) is 29.8 Å². The molecule has 0 atom stereocenters. The van der Waals surface area contributed by atoms with Crippen LogP contribution in [0, 0.1) is 0 Å². The van der Waals surface area contributed by atoms with E-state index in [9.17, 15) is 0 Å². The molecule has 0 saturated heterocycles. The Morgan fingerprint density at radius 1 is 1.15 bits per heavy atom. The third-order valence-electron chi connectivity index (χ3n) is 3.33. The number of rotatable bonds is 8. The minimum absolute atomic E-state index is 0.745. The van der Waals surface area contributed by atoms with Crippen LogP contribution in [0.4, 0.5) is 5.69 Å². The summed E-state index contributed by atoms with van der Waals surface area (Å²) in [7, 11) is 0. The third kappa shape index (κ3) is 4.06. The van der Waals surface area contributed by atoms with Gasteiger partial charge in [0, 0.05) is 38.3 Å². The van der Waals surface area contributed by atoms with Crippen molar-refractivity contribution in [2.24, 2.45) is 0 Å². The minimum atomic E-state index is 0.745. The first-order valence-electron chi connectivity index (χ1n) is 7.13. The van der Waals surface area contributed by atoms with Gasteiger partial charge in [-0.3, -0.25) is 0 Å². The SMILES string of the molecule is CCN(CC)c1ccc(CNCCc2ncon2)cc1. The van der Waals surface area contributed by atoms with Crippen molar-refractivity contribution >= 4 is 5.69 Å². The van der Waals surface area contributed by atoms with Gasteiger partial charge in [0.1, 0.15) is 0 Å². The second kappa shape index (κ2) is 7.65. The van der Waals surface area contributed by atoms with Crippen molar-refractivity contribution in [1.82, 2.24) is 15.5 Å². The first kappa shape index (κ1) is 14.5. The minimum Gasteiger partial charge on any atom is -0.372 e. The molecular formula is C15H22N4O. The van der Waals surface area contributed by atoms with E-state index in [-0.39, 0.29) is 0 Å². The number of hydrogen-bond acceptors (Lipinski definition) is 5. The van der Waals surface area contributed by atoms with Crippen molar-refractivity contribution in [2.75, 3.05) is 24.5 Å². The predicted molar refractivity (Wildman–Crippen MR) is 79.7 cm³/mol. The van der Waals surface area contributed by atoms with Gasteiger partial charge in [0.05, 0.1) is 0 Å². The lowest BCUT2D eigenvalue weighted by Gasteiger charge is -2.21. The van der Waals surface area contributed by atoms with Crippen LogP contribution in [0.5, 0.6) is 0 Å². The van der Waals surface area contributed by atoms with Gasteiger partial charge in [-0.25, -0.2) is 0 Å². The van der Waals surface area contributed by atoms with Crippen LogP contribution >= 0.6 is 0 Å². The maximum absolute atomic E-state index is 4.69. The maximum atomic E-state index is 4.69. The number of aromatic nitrogens is 2. The van der Waals surface area contributed by atoms with Gasteiger partial charge in [0.15, 0.2) is 5.82 Å². The molecule has 0 radical (unpaired) electrons. The highest BCUT2D eigenvalue weighted by molar-refractivity contribution is 5.47. The van der Waals surface area contributed by atoms with E-state index in [1.165, 1.54) is 17.6 Å². The Labute approximate surface area is 120 Å². The molecule has 1 N–H and O–H groups in total. The van der Waals surface area contributed by atoms with Crippen LogP contribution in [0.2, 0.25) is 0 Å². The molecule has 0 unspecified atom stereocenters. The molecule has 0 aliphatic carbocycles. The summed E-state index contributed by atoms with van der Waals surface area (Å²) in [6, 6.07) is 8.72. The van der Waals surface area contributed by atoms with Gasteiger partial charge in [0.2, 0.25) is 6.39 Å². The van der Waals surface area contributed by atoms with Gasteiger partial charge >= 0.3 is 0 Å². The maximum Gasteiger partial charge on any atom is 0.213 e. The molecule has 1 aromatic heterocycles. The zero-order chi connectivity index (χ0) is 14.2. The Kier molecular flexibility index (Phi) is 5.55. The molecule has 5 nitrogen and oxygen atoms in total. The number of hydrogen-bond donors (Lipinski definition) is 1. The monoisotopic (exact) mass is 274 g/mol. The molecule has 0 fully saturated rings. The fourth-order valence-electron chi connectivity index (χ4n) is 2.15. The molecule has 1 heterocycles. The van der Waals surface area contributed by atoms with Crippen LogP contribution < -0.4 is 10.2 Å². The first-order valence-corrected chi connectivity index (χ1v) is 7.13. The van der Waals surface area contributed by atoms with Crippen molar-refractivity contribution in [3.8, 4) is 0 Å². The quantitative estimate of drug-likeness (QED) is 0.748. The van der Waals surface area contributed by atoms with Gasteiger partial charge in [0.25, 0.3) is 0 Å². The zero-order valence-electron chi connectivity index (χ0n) is 12.2. The third-order valence-corrected chi connectivity index (χ3v) is 3.33. The van der Waals surface area contributed by atoms with E-state index in [1.54, 1.807) is 0 Å². The van der Waals surface area contributed by atoms with Crippen molar-refractivity contribution in [3.63, 3.8) is 0 Å². The Bertz CT molecular complexity index is 477. The smallest absolute Gasteiger partial charge is 0.213 e. The van der Waals surface area contributed by atoms with E-state index < -0.39 is 0 Å². The fourth-order valence-corrected chi connectivity index (χ4v) is 2.15. The summed E-state index contributed by atoms with van der Waals surface area (Å²) in [4.78, 5) is 6.33. The average Bonchev–Trinajstić information content (AvgIpc) is 3.00. The molecule has 0 bridgehead atoms. The molecule has 2 aromatic rings. The van der Waals surface area contributed by atoms with Gasteiger partial charge in [-0.1, -0.05) is 17.3 Å². The summed E-state index contributed by atoms with van der Waals surface area (Å²) < 4.78 is 4.69. The highest BCUT2D eigenvalue weighted by Gasteiger charge is 2.01. The summed E-state index contributed by atoms with van der Waals surface area (Å²) in [5, 5.41) is 7.16. The van der Waals surface area contributed by atoms with Crippen LogP contribution in [0.1, 0.15) is 25.2 Å². The summed E-state index contributed by atoms with van der Waals surface area (Å²) in [6.07, 6.45) is 2.15. The summed E-state index contributed by atoms with van der Waals surface area (Å²) in [6.45, 7) is 8.14. The van der Waals surface area contributed by atoms with E-state index >= 15 is 0 Å². The summed E-state index contributed by atoms with van der Waals surface area (Å²) in [5.41, 5.74) is 2.57. The molecule has 1 aromatic carbocycles. The highest BCUT2D eigenvalue weighted by atomic mass is 16.5. The predicted octanol–water partition coefficient (Wildman–Crippen LogP) is 2.25. The summed E-state index contributed by atoms with van der Waals surface area (Å²) in [5.74, 6) is 0.745. The largest absolute Gasteiger partial charge is 0.372 e. The van der Waals surface area contributed by atoms with E-state index in [2.05, 4.69) is 58.5 Å². The zero-order valence-corrected chi connectivity index (χ0v) is 12.2. The Balaban J connectivity index is 1.76. The van der Waals surface area contributed by atoms with E-state index in [0.717, 1.165) is 38.4 Å². The molecule has 0 aliphatic rings. The van der Waals surface area contributed by atoms with E-state index in [0.29, 0.717) is 0 Å². The molecule has 5 heteroatoms. The van der Waals surface area contributed by atoms with Crippen LogP contribution in [0.3, 0.4) is 0 Å². The topological polar surface area (TPSA) is 54.2 Å². The van der Waals surface area contributed by atoms with Crippen molar-refractivity contribution in [2.45, 2.75) is 26.8 Å². The lowest BCUT2D eigenvalue weighted by Crippen LogP contribution is -2.21. The number of anilines is 1. The Morgan fingerprint density at radius 3 is 2.50 bits per heavy atom. The summed E-state index contributed by atoms with van der Waals surface area (Å²) >= 11 is 0. The van der Waals surface area contributed by atoms with E-state index in [1.807, 2.05) is 0 Å². The second-order valence-corrected chi connectivity index (χ2v) is 4.61. The molecule has 0 spiro atoms. The number of benzene rings is 1. The molecular weight excluding hydrogens is 252 g/mol. The standard InChI is InChI=1S/C15H22N4O/c1-3-19(4-2)14-7-5-13(6-8-14)11-16-10-9-15-17-12-20-18-15/h5-8,12,16H,3-4,9-11H2,1-2H3. The molecule has 0 saturated carbocycles. The van der Waals surface area contributed by atoms with Crippen molar-refractivity contribution in [3.05, 3.63) is 42.0 Å². The second-order valence-electron chi connectivity index (χ2n) is 4.61. The van der Waals surface area contributed by atoms with Gasteiger partial charge in [-0.05, 0) is 31.5 Å². The Morgan fingerprint density at radius 2 is 1.90 bits per heavy atom. The average molecular weight is 274 g/mol. The fraction of sp³-hybridized carbons (Fsp3) is 0.467. The van der Waals surface area contributed by atoms with Crippen molar-refractivity contribution < 1.29 is 4.52 Å². The number of nitrogens with zero attached hydrogens (tertiary/aromatic N) is 3. The van der Waals surface area contributed by atoms with Crippen LogP contribution in [0.15, 0.2) is 35.2 Å². The van der Waals surface area contributed by atoms with E-state index in [4.69, 9.17) is 4.52 Å². The first-order chi connectivity index (χ1) is 9.83. The molecule has 20 heavy (non-hydrogen) atoms. The Hall–Kier alpha value is -1.88. The number of nitrogens with one attached hydrogen (secondary N) is 1. The van der Waals surface area contributed by atoms with Crippen LogP contribution in [0.25, 0.3) is 0 Å². The van der Waals surface area contributed by atoms with Gasteiger partial charge in [-0.2, -0.15) is 4.98 Å². The molecule has 0 amide bonds. The molecule has 108 valence electrons. The van der Waals surface area contributed by atoms with Gasteiger partial charge in [-0.15, -0.1) is 0 Å². The molecule has 2 rings (SSSR count). The van der Waals surface area contributed by atoms with Crippen LogP contribution in [-0.2, 0) is 13.0 Å². The molecule has 0 aliphatic heterocycles.